The van der Waals surface area contributed by atoms with Gasteiger partial charge in [0, 0.05) is 5.56 Å². The molecule has 1 aliphatic heterocycles. The summed E-state index contributed by atoms with van der Waals surface area (Å²) < 4.78 is 5.77. The molecule has 1 saturated heterocycles. The molecule has 0 spiro atoms. The van der Waals surface area contributed by atoms with E-state index < -0.39 is 12.3 Å². The van der Waals surface area contributed by atoms with E-state index >= 15 is 0 Å². The second-order valence-electron chi connectivity index (χ2n) is 7.27. The highest BCUT2D eigenvalue weighted by molar-refractivity contribution is 5.69. The average Bonchev–Trinajstić information content (AvgIpc) is 3.35. The van der Waals surface area contributed by atoms with Gasteiger partial charge < -0.3 is 4.74 Å². The number of nitriles is 1. The highest BCUT2D eigenvalue weighted by atomic mass is 16.9. The van der Waals surface area contributed by atoms with Crippen LogP contribution in [0.2, 0.25) is 0 Å². The van der Waals surface area contributed by atoms with Gasteiger partial charge in [-0.15, -0.1) is 5.06 Å². The van der Waals surface area contributed by atoms with Crippen LogP contribution in [0.5, 0.6) is 0 Å². The summed E-state index contributed by atoms with van der Waals surface area (Å²) in [7, 11) is 0. The van der Waals surface area contributed by atoms with Crippen LogP contribution >= 0.6 is 0 Å². The van der Waals surface area contributed by atoms with Crippen molar-refractivity contribution in [3.8, 4) is 6.07 Å². The molecular formula is C19H24N2O3. The first kappa shape index (κ1) is 16.8. The van der Waals surface area contributed by atoms with Crippen LogP contribution in [0.4, 0.5) is 4.79 Å². The third-order valence-electron chi connectivity index (χ3n) is 5.10. The summed E-state index contributed by atoms with van der Waals surface area (Å²) in [5, 5.41) is 10.1. The smallest absolute Gasteiger partial charge is 0.437 e. The van der Waals surface area contributed by atoms with Crippen molar-refractivity contribution in [1.29, 1.82) is 5.26 Å². The lowest BCUT2D eigenvalue weighted by atomic mass is 9.75. The number of benzene rings is 1. The van der Waals surface area contributed by atoms with Crippen molar-refractivity contribution < 1.29 is 14.4 Å². The van der Waals surface area contributed by atoms with Crippen molar-refractivity contribution in [2.75, 3.05) is 0 Å². The molecule has 1 aliphatic carbocycles. The number of hydrogen-bond donors (Lipinski definition) is 0. The molecule has 1 amide bonds. The lowest BCUT2D eigenvalue weighted by Gasteiger charge is -2.36. The van der Waals surface area contributed by atoms with Crippen LogP contribution in [0.25, 0.3) is 0 Å². The Bertz CT molecular complexity index is 635. The van der Waals surface area contributed by atoms with Crippen molar-refractivity contribution in [3.05, 3.63) is 35.4 Å². The maximum atomic E-state index is 12.4. The van der Waals surface area contributed by atoms with E-state index in [-0.39, 0.29) is 6.10 Å². The van der Waals surface area contributed by atoms with Crippen molar-refractivity contribution in [1.82, 2.24) is 5.06 Å². The minimum atomic E-state index is -0.408. The zero-order valence-electron chi connectivity index (χ0n) is 14.4. The molecule has 0 bridgehead atoms. The Balaban J connectivity index is 1.60. The van der Waals surface area contributed by atoms with E-state index in [2.05, 4.69) is 26.8 Å². The number of hydrogen-bond acceptors (Lipinski definition) is 4. The molecule has 5 nitrogen and oxygen atoms in total. The van der Waals surface area contributed by atoms with Gasteiger partial charge in [0.1, 0.15) is 6.10 Å². The van der Waals surface area contributed by atoms with Crippen LogP contribution in [0.3, 0.4) is 0 Å². The molecule has 0 radical (unpaired) electrons. The van der Waals surface area contributed by atoms with Crippen molar-refractivity contribution in [2.45, 2.75) is 52.4 Å². The lowest BCUT2D eigenvalue weighted by molar-refractivity contribution is -0.0123. The predicted molar refractivity (Wildman–Crippen MR) is 88.4 cm³/mol. The third-order valence-corrected chi connectivity index (χ3v) is 5.10. The van der Waals surface area contributed by atoms with Gasteiger partial charge in [0.15, 0.2) is 0 Å². The standard InChI is InChI=1S/C19H24N2O3/c1-12(2)16-9-4-13(3)10-17(16)23-19(22)21-18(24-21)15-7-5-14(11-20)6-8-15/h5-8,12-13,16-18H,4,9-10H2,1-3H3/t13-,16+,17-,18-,21?/m1/s1. The van der Waals surface area contributed by atoms with E-state index in [1.165, 1.54) is 11.5 Å². The van der Waals surface area contributed by atoms with Gasteiger partial charge in [-0.05, 0) is 42.7 Å². The molecular weight excluding hydrogens is 304 g/mol. The molecule has 2 aliphatic rings. The first-order valence-corrected chi connectivity index (χ1v) is 8.66. The van der Waals surface area contributed by atoms with Crippen molar-refractivity contribution >= 4 is 6.09 Å². The molecule has 0 aromatic heterocycles. The number of rotatable bonds is 3. The van der Waals surface area contributed by atoms with E-state index in [1.807, 2.05) is 0 Å². The fourth-order valence-electron chi connectivity index (χ4n) is 3.57. The number of carbonyl (C=O) groups is 1. The molecule has 1 aromatic carbocycles. The molecule has 1 heterocycles. The van der Waals surface area contributed by atoms with Gasteiger partial charge in [-0.1, -0.05) is 39.3 Å². The fourth-order valence-corrected chi connectivity index (χ4v) is 3.57. The van der Waals surface area contributed by atoms with E-state index in [0.29, 0.717) is 23.3 Å². The van der Waals surface area contributed by atoms with E-state index in [1.54, 1.807) is 24.3 Å². The third kappa shape index (κ3) is 3.54. The van der Waals surface area contributed by atoms with Crippen LogP contribution in [0, 0.1) is 29.1 Å². The highest BCUT2D eigenvalue weighted by Crippen LogP contribution is 2.40. The Kier molecular flexibility index (Phi) is 4.77. The minimum Gasteiger partial charge on any atom is -0.444 e. The number of nitrogens with zero attached hydrogens (tertiary/aromatic N) is 2. The number of carbonyl (C=O) groups excluding carboxylic acids is 1. The molecule has 5 heteroatoms. The van der Waals surface area contributed by atoms with E-state index in [9.17, 15) is 4.79 Å². The molecule has 3 rings (SSSR count). The van der Waals surface area contributed by atoms with Gasteiger partial charge in [-0.3, -0.25) is 0 Å². The number of ether oxygens (including phenoxy) is 1. The van der Waals surface area contributed by atoms with E-state index in [4.69, 9.17) is 14.8 Å². The molecule has 2 fully saturated rings. The monoisotopic (exact) mass is 328 g/mol. The molecule has 4 atom stereocenters. The Morgan fingerprint density at radius 3 is 2.67 bits per heavy atom. The Morgan fingerprint density at radius 2 is 2.04 bits per heavy atom. The van der Waals surface area contributed by atoms with Crippen LogP contribution < -0.4 is 0 Å². The maximum Gasteiger partial charge on any atom is 0.437 e. The molecule has 128 valence electrons. The van der Waals surface area contributed by atoms with Gasteiger partial charge in [-0.25, -0.2) is 9.63 Å². The Morgan fingerprint density at radius 1 is 1.33 bits per heavy atom. The lowest BCUT2D eigenvalue weighted by Crippen LogP contribution is -2.36. The number of amides is 1. The largest absolute Gasteiger partial charge is 0.444 e. The summed E-state index contributed by atoms with van der Waals surface area (Å²) in [5.74, 6) is 1.50. The summed E-state index contributed by atoms with van der Waals surface area (Å²) in [6, 6.07) is 9.12. The van der Waals surface area contributed by atoms with Gasteiger partial charge >= 0.3 is 6.09 Å². The summed E-state index contributed by atoms with van der Waals surface area (Å²) in [4.78, 5) is 17.8. The molecule has 1 saturated carbocycles. The van der Waals surface area contributed by atoms with E-state index in [0.717, 1.165) is 18.4 Å². The SMILES string of the molecule is CC(C)[C@@H]1CC[C@@H](C)C[C@H]1OC(=O)N1O[C@@H]1c1ccc(C#N)cc1. The zero-order chi connectivity index (χ0) is 17.3. The summed E-state index contributed by atoms with van der Waals surface area (Å²) in [6.07, 6.45) is 2.39. The van der Waals surface area contributed by atoms with Crippen molar-refractivity contribution in [2.24, 2.45) is 17.8 Å². The van der Waals surface area contributed by atoms with Gasteiger partial charge in [0.2, 0.25) is 6.23 Å². The summed E-state index contributed by atoms with van der Waals surface area (Å²) >= 11 is 0. The Hall–Kier alpha value is -2.06. The minimum absolute atomic E-state index is 0.0351. The first-order valence-electron chi connectivity index (χ1n) is 8.66. The second-order valence-corrected chi connectivity index (χ2v) is 7.27. The van der Waals surface area contributed by atoms with Crippen LogP contribution in [0.15, 0.2) is 24.3 Å². The summed E-state index contributed by atoms with van der Waals surface area (Å²) in [6.45, 7) is 6.59. The van der Waals surface area contributed by atoms with Gasteiger partial charge in [0.25, 0.3) is 0 Å². The van der Waals surface area contributed by atoms with Gasteiger partial charge in [0.05, 0.1) is 11.6 Å². The molecule has 1 aromatic rings. The Labute approximate surface area is 143 Å². The molecule has 24 heavy (non-hydrogen) atoms. The number of hydroxylamine groups is 2. The normalized spacial score (nSPS) is 29.2. The topological polar surface area (TPSA) is 65.6 Å². The van der Waals surface area contributed by atoms with Crippen LogP contribution in [-0.4, -0.2) is 17.3 Å². The quantitative estimate of drug-likeness (QED) is 0.771. The van der Waals surface area contributed by atoms with Crippen molar-refractivity contribution in [3.63, 3.8) is 0 Å². The predicted octanol–water partition coefficient (Wildman–Crippen LogP) is 4.40. The van der Waals surface area contributed by atoms with Gasteiger partial charge in [-0.2, -0.15) is 5.26 Å². The summed E-state index contributed by atoms with van der Waals surface area (Å²) in [5.41, 5.74) is 1.44. The first-order chi connectivity index (χ1) is 11.5. The zero-order valence-corrected chi connectivity index (χ0v) is 14.4. The molecule has 0 unspecified atom stereocenters. The highest BCUT2D eigenvalue weighted by Gasteiger charge is 2.46. The second kappa shape index (κ2) is 6.82. The fraction of sp³-hybridized carbons (Fsp3) is 0.579. The molecule has 0 N–H and O–H groups in total. The van der Waals surface area contributed by atoms with Crippen LogP contribution in [-0.2, 0) is 9.57 Å². The maximum absolute atomic E-state index is 12.4. The van der Waals surface area contributed by atoms with Crippen LogP contribution in [0.1, 0.15) is 57.4 Å². The average molecular weight is 328 g/mol.